The number of likely N-dealkylation sites (N-methyl/N-ethyl adjacent to an activating group) is 1. The molecule has 3 atom stereocenters. The number of hydrogen-bond donors (Lipinski definition) is 1. The van der Waals surface area contributed by atoms with Gasteiger partial charge < -0.3 is 15.0 Å². The van der Waals surface area contributed by atoms with E-state index in [1.165, 1.54) is 12.8 Å². The van der Waals surface area contributed by atoms with Gasteiger partial charge in [0.1, 0.15) is 0 Å². The smallest absolute Gasteiger partial charge is 0.0612 e. The van der Waals surface area contributed by atoms with Crippen LogP contribution in [0.2, 0.25) is 0 Å². The number of nitrogens with zero attached hydrogens (tertiary/aromatic N) is 1. The Morgan fingerprint density at radius 3 is 2.42 bits per heavy atom. The minimum Gasteiger partial charge on any atom is -0.378 e. The van der Waals surface area contributed by atoms with E-state index in [0.29, 0.717) is 24.1 Å². The highest BCUT2D eigenvalue weighted by atomic mass is 16.5. The first-order valence-electron chi connectivity index (χ1n) is 7.91. The molecule has 1 heterocycles. The van der Waals surface area contributed by atoms with Gasteiger partial charge >= 0.3 is 0 Å². The summed E-state index contributed by atoms with van der Waals surface area (Å²) in [5.74, 6) is 1.39. The van der Waals surface area contributed by atoms with Crippen molar-refractivity contribution >= 4 is 0 Å². The van der Waals surface area contributed by atoms with Crippen molar-refractivity contribution in [1.29, 1.82) is 0 Å². The Balaban J connectivity index is 2.37. The highest BCUT2D eigenvalue weighted by molar-refractivity contribution is 4.81. The van der Waals surface area contributed by atoms with Crippen LogP contribution in [-0.4, -0.2) is 50.3 Å². The molecule has 1 aliphatic rings. The summed E-state index contributed by atoms with van der Waals surface area (Å²) in [5.41, 5.74) is 0. The molecule has 1 N–H and O–H groups in total. The fourth-order valence-electron chi connectivity index (χ4n) is 2.80. The average Bonchev–Trinajstić information content (AvgIpc) is 2.34. The van der Waals surface area contributed by atoms with Gasteiger partial charge in [-0.25, -0.2) is 0 Å². The molecule has 1 rings (SSSR count). The Hall–Kier alpha value is -0.120. The first kappa shape index (κ1) is 16.9. The molecule has 0 spiro atoms. The van der Waals surface area contributed by atoms with Crippen molar-refractivity contribution in [3.05, 3.63) is 0 Å². The molecule has 0 radical (unpaired) electrons. The van der Waals surface area contributed by atoms with Gasteiger partial charge in [-0.3, -0.25) is 0 Å². The number of hydrogen-bond acceptors (Lipinski definition) is 3. The monoisotopic (exact) mass is 270 g/mol. The molecular weight excluding hydrogens is 236 g/mol. The molecule has 0 amide bonds. The molecule has 0 aromatic heterocycles. The van der Waals surface area contributed by atoms with Crippen molar-refractivity contribution in [3.8, 4) is 0 Å². The van der Waals surface area contributed by atoms with E-state index in [1.807, 2.05) is 0 Å². The van der Waals surface area contributed by atoms with Crippen molar-refractivity contribution in [2.24, 2.45) is 11.8 Å². The number of nitrogens with one attached hydrogen (secondary N) is 1. The fourth-order valence-corrected chi connectivity index (χ4v) is 2.80. The third kappa shape index (κ3) is 6.24. The molecule has 1 aliphatic heterocycles. The fraction of sp³-hybridized carbons (Fsp3) is 1.00. The van der Waals surface area contributed by atoms with Crippen LogP contribution in [0.4, 0.5) is 0 Å². The third-order valence-corrected chi connectivity index (χ3v) is 4.17. The zero-order valence-corrected chi connectivity index (χ0v) is 13.8. The van der Waals surface area contributed by atoms with Gasteiger partial charge in [-0.15, -0.1) is 0 Å². The summed E-state index contributed by atoms with van der Waals surface area (Å²) >= 11 is 0. The molecule has 1 saturated heterocycles. The predicted molar refractivity (Wildman–Crippen MR) is 82.5 cm³/mol. The number of ether oxygens (including phenoxy) is 1. The van der Waals surface area contributed by atoms with Crippen molar-refractivity contribution in [3.63, 3.8) is 0 Å². The van der Waals surface area contributed by atoms with Crippen LogP contribution in [0.15, 0.2) is 0 Å². The summed E-state index contributed by atoms with van der Waals surface area (Å²) in [5, 5.41) is 3.77. The largest absolute Gasteiger partial charge is 0.378 e. The molecule has 1 fully saturated rings. The Labute approximate surface area is 120 Å². The molecule has 114 valence electrons. The van der Waals surface area contributed by atoms with E-state index in [2.05, 4.69) is 52.0 Å². The second-order valence-electron chi connectivity index (χ2n) is 7.03. The highest BCUT2D eigenvalue weighted by Crippen LogP contribution is 2.20. The van der Waals surface area contributed by atoms with E-state index in [-0.39, 0.29) is 0 Å². The Morgan fingerprint density at radius 2 is 1.89 bits per heavy atom. The summed E-state index contributed by atoms with van der Waals surface area (Å²) in [7, 11) is 4.38. The lowest BCUT2D eigenvalue weighted by atomic mass is 9.95. The van der Waals surface area contributed by atoms with Crippen molar-refractivity contribution in [1.82, 2.24) is 10.2 Å². The normalized spacial score (nSPS) is 26.4. The molecule has 3 nitrogen and oxygen atoms in total. The summed E-state index contributed by atoms with van der Waals surface area (Å²) in [6, 6.07) is 1.27. The minimum absolute atomic E-state index is 0.439. The first-order valence-corrected chi connectivity index (χ1v) is 7.91. The van der Waals surface area contributed by atoms with Crippen LogP contribution in [0.3, 0.4) is 0 Å². The summed E-state index contributed by atoms with van der Waals surface area (Å²) in [6.45, 7) is 11.1. The van der Waals surface area contributed by atoms with Crippen molar-refractivity contribution < 1.29 is 4.74 Å². The molecule has 0 aliphatic carbocycles. The molecule has 0 aromatic rings. The molecule has 3 heteroatoms. The Morgan fingerprint density at radius 1 is 1.21 bits per heavy atom. The Bertz CT molecular complexity index is 241. The molecular formula is C16H34N2O. The second-order valence-corrected chi connectivity index (χ2v) is 7.03. The third-order valence-electron chi connectivity index (χ3n) is 4.17. The van der Waals surface area contributed by atoms with Gasteiger partial charge in [0.05, 0.1) is 6.10 Å². The summed E-state index contributed by atoms with van der Waals surface area (Å²) < 4.78 is 5.84. The lowest BCUT2D eigenvalue weighted by Crippen LogP contribution is -2.46. The SMILES string of the molecule is CC(C)CC(CNC1CCOC(C(C)C)C1)N(C)C. The summed E-state index contributed by atoms with van der Waals surface area (Å²) in [4.78, 5) is 2.35. The quantitative estimate of drug-likeness (QED) is 0.770. The number of rotatable bonds is 7. The van der Waals surface area contributed by atoms with Crippen molar-refractivity contribution in [2.75, 3.05) is 27.2 Å². The van der Waals surface area contributed by atoms with E-state index >= 15 is 0 Å². The van der Waals surface area contributed by atoms with Crippen LogP contribution in [0.5, 0.6) is 0 Å². The van der Waals surface area contributed by atoms with Gasteiger partial charge in [-0.2, -0.15) is 0 Å². The van der Waals surface area contributed by atoms with Crippen LogP contribution in [0.25, 0.3) is 0 Å². The van der Waals surface area contributed by atoms with Crippen LogP contribution >= 0.6 is 0 Å². The van der Waals surface area contributed by atoms with Gasteiger partial charge in [-0.05, 0) is 45.2 Å². The maximum atomic E-state index is 5.84. The van der Waals surface area contributed by atoms with Crippen LogP contribution < -0.4 is 5.32 Å². The highest BCUT2D eigenvalue weighted by Gasteiger charge is 2.25. The minimum atomic E-state index is 0.439. The van der Waals surface area contributed by atoms with Gasteiger partial charge in [0.25, 0.3) is 0 Å². The maximum absolute atomic E-state index is 5.84. The molecule has 3 unspecified atom stereocenters. The van der Waals surface area contributed by atoms with E-state index in [1.54, 1.807) is 0 Å². The van der Waals surface area contributed by atoms with Gasteiger partial charge in [0.2, 0.25) is 0 Å². The van der Waals surface area contributed by atoms with E-state index in [9.17, 15) is 0 Å². The van der Waals surface area contributed by atoms with Crippen LogP contribution in [0, 0.1) is 11.8 Å². The summed E-state index contributed by atoms with van der Waals surface area (Å²) in [6.07, 6.45) is 4.02. The van der Waals surface area contributed by atoms with E-state index in [0.717, 1.165) is 25.5 Å². The molecule has 0 saturated carbocycles. The lowest BCUT2D eigenvalue weighted by Gasteiger charge is -2.34. The second kappa shape index (κ2) is 8.23. The predicted octanol–water partition coefficient (Wildman–Crippen LogP) is 2.76. The molecule has 19 heavy (non-hydrogen) atoms. The van der Waals surface area contributed by atoms with Gasteiger partial charge in [-0.1, -0.05) is 27.7 Å². The van der Waals surface area contributed by atoms with Gasteiger partial charge in [0, 0.05) is 25.2 Å². The van der Waals surface area contributed by atoms with E-state index < -0.39 is 0 Å². The maximum Gasteiger partial charge on any atom is 0.0612 e. The topological polar surface area (TPSA) is 24.5 Å². The Kier molecular flexibility index (Phi) is 7.33. The van der Waals surface area contributed by atoms with E-state index in [4.69, 9.17) is 4.74 Å². The zero-order valence-electron chi connectivity index (χ0n) is 13.8. The first-order chi connectivity index (χ1) is 8.90. The lowest BCUT2D eigenvalue weighted by molar-refractivity contribution is -0.0250. The van der Waals surface area contributed by atoms with Crippen LogP contribution in [-0.2, 0) is 4.74 Å². The van der Waals surface area contributed by atoms with Gasteiger partial charge in [0.15, 0.2) is 0 Å². The van der Waals surface area contributed by atoms with Crippen LogP contribution in [0.1, 0.15) is 47.0 Å². The van der Waals surface area contributed by atoms with Crippen molar-refractivity contribution in [2.45, 2.75) is 65.1 Å². The zero-order chi connectivity index (χ0) is 14.4. The average molecular weight is 270 g/mol. The molecule has 0 bridgehead atoms. The standard InChI is InChI=1S/C16H34N2O/c1-12(2)9-15(18(5)6)11-17-14-7-8-19-16(10-14)13(3)4/h12-17H,7-11H2,1-6H3. The molecule has 0 aromatic carbocycles.